The fourth-order valence-corrected chi connectivity index (χ4v) is 2.91. The van der Waals surface area contributed by atoms with Crippen LogP contribution < -0.4 is 10.9 Å². The van der Waals surface area contributed by atoms with Gasteiger partial charge in [-0.3, -0.25) is 9.59 Å². The van der Waals surface area contributed by atoms with Crippen molar-refractivity contribution in [2.45, 2.75) is 19.3 Å². The Morgan fingerprint density at radius 3 is 2.79 bits per heavy atom. The smallest absolute Gasteiger partial charge is 0.337 e. The number of anilines is 1. The van der Waals surface area contributed by atoms with Crippen molar-refractivity contribution in [2.24, 2.45) is 0 Å². The first-order chi connectivity index (χ1) is 13.5. The van der Waals surface area contributed by atoms with E-state index in [0.717, 1.165) is 0 Å². The molecule has 0 bridgehead atoms. The number of methoxy groups -OCH3 is 1. The van der Waals surface area contributed by atoms with E-state index in [1.807, 2.05) is 6.07 Å². The Hall–Kier alpha value is -3.19. The maximum Gasteiger partial charge on any atom is 0.337 e. The molecule has 0 atom stereocenters. The summed E-state index contributed by atoms with van der Waals surface area (Å²) in [5, 5.41) is 3.54. The second-order valence-electron chi connectivity index (χ2n) is 6.12. The summed E-state index contributed by atoms with van der Waals surface area (Å²) < 4.78 is 4.66. The van der Waals surface area contributed by atoms with Crippen molar-refractivity contribution in [3.05, 3.63) is 69.2 Å². The van der Waals surface area contributed by atoms with Gasteiger partial charge in [0, 0.05) is 12.8 Å². The maximum atomic E-state index is 12.2. The standard InChI is InChI=1S/C20H18ClN3O4/c1-28-20(27)12-9-10-14(21)16(11-12)23-18(25)8-4-7-17-22-15-6-3-2-5-13(15)19(26)24-17/h2-3,5-6,9-11H,4,7-8H2,1H3,(H,23,25)(H,22,24,26). The lowest BCUT2D eigenvalue weighted by Crippen LogP contribution is -2.15. The molecule has 8 heteroatoms. The summed E-state index contributed by atoms with van der Waals surface area (Å²) in [5.41, 5.74) is 1.06. The number of hydrogen-bond acceptors (Lipinski definition) is 5. The zero-order chi connectivity index (χ0) is 20.1. The number of carbonyl (C=O) groups excluding carboxylic acids is 2. The molecule has 3 rings (SSSR count). The summed E-state index contributed by atoms with van der Waals surface area (Å²) in [6.07, 6.45) is 1.14. The third kappa shape index (κ3) is 4.55. The Bertz CT molecular complexity index is 1090. The van der Waals surface area contributed by atoms with Crippen molar-refractivity contribution in [2.75, 3.05) is 12.4 Å². The molecule has 144 valence electrons. The summed E-state index contributed by atoms with van der Waals surface area (Å²) >= 11 is 6.07. The molecule has 0 unspecified atom stereocenters. The van der Waals surface area contributed by atoms with Crippen LogP contribution in [0.3, 0.4) is 0 Å². The number of aromatic nitrogens is 2. The normalized spacial score (nSPS) is 10.6. The fraction of sp³-hybridized carbons (Fsp3) is 0.200. The Balaban J connectivity index is 1.61. The first-order valence-corrected chi connectivity index (χ1v) is 9.01. The number of amides is 1. The Morgan fingerprint density at radius 2 is 2.00 bits per heavy atom. The van der Waals surface area contributed by atoms with E-state index in [9.17, 15) is 14.4 Å². The SMILES string of the molecule is COC(=O)c1ccc(Cl)c(NC(=O)CCCc2nc3ccccc3c(=O)[nH]2)c1. The zero-order valence-electron chi connectivity index (χ0n) is 15.1. The first-order valence-electron chi connectivity index (χ1n) is 8.63. The minimum absolute atomic E-state index is 0.198. The van der Waals surface area contributed by atoms with Crippen LogP contribution in [0.25, 0.3) is 10.9 Å². The number of halogens is 1. The van der Waals surface area contributed by atoms with E-state index in [1.54, 1.807) is 18.2 Å². The van der Waals surface area contributed by atoms with Crippen LogP contribution in [0.5, 0.6) is 0 Å². The number of aromatic amines is 1. The largest absolute Gasteiger partial charge is 0.465 e. The number of rotatable bonds is 6. The molecule has 1 heterocycles. The number of aryl methyl sites for hydroxylation is 1. The molecule has 1 amide bonds. The summed E-state index contributed by atoms with van der Waals surface area (Å²) in [6, 6.07) is 11.6. The molecule has 0 aliphatic carbocycles. The second-order valence-corrected chi connectivity index (χ2v) is 6.52. The summed E-state index contributed by atoms with van der Waals surface area (Å²) in [4.78, 5) is 43.0. The Kier molecular flexibility index (Phi) is 6.06. The number of nitrogens with zero attached hydrogens (tertiary/aromatic N) is 1. The van der Waals surface area contributed by atoms with Crippen molar-refractivity contribution >= 4 is 40.1 Å². The van der Waals surface area contributed by atoms with Crippen molar-refractivity contribution in [3.63, 3.8) is 0 Å². The molecule has 0 radical (unpaired) electrons. The molecule has 2 N–H and O–H groups in total. The molecule has 0 aliphatic rings. The highest BCUT2D eigenvalue weighted by atomic mass is 35.5. The average Bonchev–Trinajstić information content (AvgIpc) is 2.69. The van der Waals surface area contributed by atoms with Gasteiger partial charge in [0.05, 0.1) is 34.3 Å². The third-order valence-corrected chi connectivity index (χ3v) is 4.47. The molecular formula is C20H18ClN3O4. The molecule has 0 saturated heterocycles. The van der Waals surface area contributed by atoms with Gasteiger partial charge in [0.1, 0.15) is 5.82 Å². The lowest BCUT2D eigenvalue weighted by Gasteiger charge is -2.09. The van der Waals surface area contributed by atoms with Gasteiger partial charge < -0.3 is 15.0 Å². The number of fused-ring (bicyclic) bond motifs is 1. The van der Waals surface area contributed by atoms with Crippen LogP contribution in [-0.4, -0.2) is 29.0 Å². The van der Waals surface area contributed by atoms with Crippen LogP contribution in [0.15, 0.2) is 47.3 Å². The Labute approximate surface area is 165 Å². The number of benzene rings is 2. The predicted octanol–water partition coefficient (Wildman–Crippen LogP) is 3.32. The molecule has 0 fully saturated rings. The average molecular weight is 400 g/mol. The molecule has 0 saturated carbocycles. The molecule has 28 heavy (non-hydrogen) atoms. The van der Waals surface area contributed by atoms with E-state index < -0.39 is 5.97 Å². The number of H-pyrrole nitrogens is 1. The lowest BCUT2D eigenvalue weighted by molar-refractivity contribution is -0.116. The van der Waals surface area contributed by atoms with Crippen molar-refractivity contribution in [1.82, 2.24) is 9.97 Å². The quantitative estimate of drug-likeness (QED) is 0.619. The van der Waals surface area contributed by atoms with Gasteiger partial charge in [-0.25, -0.2) is 9.78 Å². The molecule has 7 nitrogen and oxygen atoms in total. The van der Waals surface area contributed by atoms with E-state index in [2.05, 4.69) is 20.0 Å². The van der Waals surface area contributed by atoms with E-state index in [1.165, 1.54) is 25.3 Å². The van der Waals surface area contributed by atoms with Gasteiger partial charge >= 0.3 is 5.97 Å². The Morgan fingerprint density at radius 1 is 1.21 bits per heavy atom. The van der Waals surface area contributed by atoms with Crippen molar-refractivity contribution in [1.29, 1.82) is 0 Å². The van der Waals surface area contributed by atoms with E-state index in [0.29, 0.717) is 45.8 Å². The van der Waals surface area contributed by atoms with Crippen LogP contribution >= 0.6 is 11.6 Å². The molecule has 3 aromatic rings. The molecular weight excluding hydrogens is 382 g/mol. The van der Waals surface area contributed by atoms with Gasteiger partial charge in [0.2, 0.25) is 5.91 Å². The number of nitrogens with one attached hydrogen (secondary N) is 2. The number of carbonyl (C=O) groups is 2. The van der Waals surface area contributed by atoms with Gasteiger partial charge in [-0.05, 0) is 36.8 Å². The van der Waals surface area contributed by atoms with Crippen LogP contribution in [0, 0.1) is 0 Å². The third-order valence-electron chi connectivity index (χ3n) is 4.14. The van der Waals surface area contributed by atoms with E-state index in [4.69, 9.17) is 11.6 Å². The van der Waals surface area contributed by atoms with Crippen LogP contribution in [-0.2, 0) is 16.0 Å². The van der Waals surface area contributed by atoms with Crippen molar-refractivity contribution < 1.29 is 14.3 Å². The number of ether oxygens (including phenoxy) is 1. The monoisotopic (exact) mass is 399 g/mol. The molecule has 1 aromatic heterocycles. The van der Waals surface area contributed by atoms with Crippen LogP contribution in [0.4, 0.5) is 5.69 Å². The molecule has 0 spiro atoms. The first kappa shape index (κ1) is 19.6. The predicted molar refractivity (Wildman–Crippen MR) is 107 cm³/mol. The van der Waals surface area contributed by atoms with Gasteiger partial charge in [0.15, 0.2) is 0 Å². The fourth-order valence-electron chi connectivity index (χ4n) is 2.75. The highest BCUT2D eigenvalue weighted by Gasteiger charge is 2.12. The minimum Gasteiger partial charge on any atom is -0.465 e. The number of para-hydroxylation sites is 1. The zero-order valence-corrected chi connectivity index (χ0v) is 15.9. The summed E-state index contributed by atoms with van der Waals surface area (Å²) in [5.74, 6) is -0.243. The second kappa shape index (κ2) is 8.67. The number of esters is 1. The lowest BCUT2D eigenvalue weighted by atomic mass is 10.1. The maximum absolute atomic E-state index is 12.2. The topological polar surface area (TPSA) is 101 Å². The van der Waals surface area contributed by atoms with Crippen LogP contribution in [0.1, 0.15) is 29.0 Å². The number of hydrogen-bond donors (Lipinski definition) is 2. The highest BCUT2D eigenvalue weighted by molar-refractivity contribution is 6.33. The van der Waals surface area contributed by atoms with Crippen molar-refractivity contribution in [3.8, 4) is 0 Å². The van der Waals surface area contributed by atoms with Gasteiger partial charge in [-0.2, -0.15) is 0 Å². The molecule has 2 aromatic carbocycles. The van der Waals surface area contributed by atoms with Crippen LogP contribution in [0.2, 0.25) is 5.02 Å². The summed E-state index contributed by atoms with van der Waals surface area (Å²) in [7, 11) is 1.28. The van der Waals surface area contributed by atoms with E-state index >= 15 is 0 Å². The highest BCUT2D eigenvalue weighted by Crippen LogP contribution is 2.23. The van der Waals surface area contributed by atoms with Gasteiger partial charge in [-0.1, -0.05) is 23.7 Å². The van der Waals surface area contributed by atoms with E-state index in [-0.39, 0.29) is 17.9 Å². The minimum atomic E-state index is -0.515. The van der Waals surface area contributed by atoms with Gasteiger partial charge in [-0.15, -0.1) is 0 Å². The van der Waals surface area contributed by atoms with Gasteiger partial charge in [0.25, 0.3) is 5.56 Å². The molecule has 0 aliphatic heterocycles. The summed E-state index contributed by atoms with van der Waals surface area (Å²) in [6.45, 7) is 0.